The van der Waals surface area contributed by atoms with Crippen LogP contribution < -0.4 is 5.32 Å². The number of aliphatic imine (C=N–C) groups is 1. The van der Waals surface area contributed by atoms with Gasteiger partial charge in [0.1, 0.15) is 0 Å². The Kier molecular flexibility index (Phi) is 8.41. The van der Waals surface area contributed by atoms with Crippen molar-refractivity contribution >= 4 is 28.5 Å². The first-order chi connectivity index (χ1) is 12.4. The van der Waals surface area contributed by atoms with Crippen molar-refractivity contribution in [1.29, 1.82) is 0 Å². The van der Waals surface area contributed by atoms with Gasteiger partial charge in [0.15, 0.2) is 0 Å². The van der Waals surface area contributed by atoms with Crippen LogP contribution in [0.3, 0.4) is 0 Å². The molecule has 0 saturated carbocycles. The van der Waals surface area contributed by atoms with Crippen LogP contribution in [0.1, 0.15) is 12.8 Å². The van der Waals surface area contributed by atoms with E-state index in [0.717, 1.165) is 16.8 Å². The van der Waals surface area contributed by atoms with E-state index in [-0.39, 0.29) is 17.1 Å². The minimum absolute atomic E-state index is 0. The first-order valence-corrected chi connectivity index (χ1v) is 8.41. The first kappa shape index (κ1) is 19.7. The molecule has 0 saturated heterocycles. The van der Waals surface area contributed by atoms with Gasteiger partial charge in [0.25, 0.3) is 0 Å². The van der Waals surface area contributed by atoms with E-state index in [2.05, 4.69) is 53.1 Å². The number of allylic oxidation sites excluding steroid dienone is 4. The second-order valence-electron chi connectivity index (χ2n) is 5.56. The van der Waals surface area contributed by atoms with Gasteiger partial charge in [-0.15, -0.1) is 0 Å². The molecule has 0 aromatic heterocycles. The van der Waals surface area contributed by atoms with E-state index in [1.54, 1.807) is 0 Å². The number of hydrogen-bond donors (Lipinski definition) is 1. The van der Waals surface area contributed by atoms with Gasteiger partial charge in [0, 0.05) is 6.34 Å². The summed E-state index contributed by atoms with van der Waals surface area (Å²) in [4.78, 5) is 4.37. The summed E-state index contributed by atoms with van der Waals surface area (Å²) in [7, 11) is 0. The van der Waals surface area contributed by atoms with Gasteiger partial charge in [-0.2, -0.15) is 6.08 Å². The molecule has 0 heterocycles. The zero-order valence-electron chi connectivity index (χ0n) is 14.4. The van der Waals surface area contributed by atoms with E-state index in [4.69, 9.17) is 0 Å². The monoisotopic (exact) mass is 379 g/mol. The van der Waals surface area contributed by atoms with Gasteiger partial charge in [-0.25, -0.2) is 12.2 Å². The summed E-state index contributed by atoms with van der Waals surface area (Å²) in [6.07, 6.45) is 14.4. The summed E-state index contributed by atoms with van der Waals surface area (Å²) >= 11 is 0. The van der Waals surface area contributed by atoms with Crippen molar-refractivity contribution < 1.29 is 17.1 Å². The summed E-state index contributed by atoms with van der Waals surface area (Å²) in [5.41, 5.74) is 1.90. The number of nitrogens with one attached hydrogen (secondary N) is 1. The molecular formula is C23H20MnN2. The summed E-state index contributed by atoms with van der Waals surface area (Å²) < 4.78 is 0. The second-order valence-corrected chi connectivity index (χ2v) is 5.56. The van der Waals surface area contributed by atoms with E-state index < -0.39 is 0 Å². The van der Waals surface area contributed by atoms with Crippen molar-refractivity contribution in [3.05, 3.63) is 97.1 Å². The Morgan fingerprint density at radius 3 is 2.31 bits per heavy atom. The molecule has 0 fully saturated rings. The van der Waals surface area contributed by atoms with Crippen LogP contribution in [0.5, 0.6) is 0 Å². The third kappa shape index (κ3) is 6.03. The summed E-state index contributed by atoms with van der Waals surface area (Å²) in [5, 5.41) is 5.36. The standard InChI is InChI=1S/C17H13N2.C6H7.Mn/c1-2-9-15(10-3-1)18-13-19-17-12-6-8-14-7-4-5-11-16(14)17;1-2-4-6-5-3-1;/h1-12H,(H,18,19);1-2,6H,3,5H2;/q2*-1;+2. The zero-order valence-corrected chi connectivity index (χ0v) is 15.6. The number of benzene rings is 3. The van der Waals surface area contributed by atoms with Gasteiger partial charge in [-0.3, -0.25) is 6.08 Å². The molecule has 0 amide bonds. The summed E-state index contributed by atoms with van der Waals surface area (Å²) in [6, 6.07) is 24.2. The maximum atomic E-state index is 4.37. The third-order valence-electron chi connectivity index (χ3n) is 3.73. The predicted molar refractivity (Wildman–Crippen MR) is 107 cm³/mol. The molecule has 1 aliphatic rings. The van der Waals surface area contributed by atoms with Crippen molar-refractivity contribution in [3.63, 3.8) is 0 Å². The van der Waals surface area contributed by atoms with Gasteiger partial charge in [0.2, 0.25) is 0 Å². The normalized spacial score (nSPS) is 12.3. The molecule has 4 rings (SSSR count). The molecule has 0 aliphatic heterocycles. The van der Waals surface area contributed by atoms with Gasteiger partial charge in [-0.05, 0) is 16.5 Å². The molecule has 0 spiro atoms. The predicted octanol–water partition coefficient (Wildman–Crippen LogP) is 6.18. The minimum atomic E-state index is 0. The molecule has 26 heavy (non-hydrogen) atoms. The van der Waals surface area contributed by atoms with Crippen LogP contribution in [0.25, 0.3) is 10.8 Å². The fourth-order valence-corrected chi connectivity index (χ4v) is 2.46. The van der Waals surface area contributed by atoms with E-state index in [1.807, 2.05) is 60.7 Å². The molecule has 129 valence electrons. The molecular weight excluding hydrogens is 359 g/mol. The van der Waals surface area contributed by atoms with Crippen LogP contribution in [0.4, 0.5) is 11.4 Å². The molecule has 1 N–H and O–H groups in total. The Bertz CT molecular complexity index is 866. The fourth-order valence-electron chi connectivity index (χ4n) is 2.46. The molecule has 0 atom stereocenters. The number of hydrogen-bond acceptors (Lipinski definition) is 1. The molecule has 3 heteroatoms. The molecule has 1 aliphatic carbocycles. The van der Waals surface area contributed by atoms with Gasteiger partial charge in [0.05, 0.1) is 0 Å². The summed E-state index contributed by atoms with van der Waals surface area (Å²) in [6.45, 7) is 0. The number of rotatable bonds is 3. The number of nitrogens with zero attached hydrogens (tertiary/aromatic N) is 1. The maximum Gasteiger partial charge on any atom is 2.00 e. The molecule has 0 unspecified atom stereocenters. The topological polar surface area (TPSA) is 24.4 Å². The van der Waals surface area contributed by atoms with Gasteiger partial charge in [-0.1, -0.05) is 91.3 Å². The van der Waals surface area contributed by atoms with Crippen molar-refractivity contribution in [3.8, 4) is 0 Å². The van der Waals surface area contributed by atoms with E-state index in [0.29, 0.717) is 0 Å². The van der Waals surface area contributed by atoms with Crippen LogP contribution in [0.15, 0.2) is 96.0 Å². The van der Waals surface area contributed by atoms with Crippen LogP contribution in [0.2, 0.25) is 0 Å². The average molecular weight is 379 g/mol. The van der Waals surface area contributed by atoms with Crippen molar-refractivity contribution in [1.82, 2.24) is 0 Å². The quantitative estimate of drug-likeness (QED) is 0.190. The maximum absolute atomic E-state index is 4.37. The Morgan fingerprint density at radius 1 is 0.846 bits per heavy atom. The van der Waals surface area contributed by atoms with E-state index in [9.17, 15) is 0 Å². The zero-order chi connectivity index (χ0) is 17.2. The van der Waals surface area contributed by atoms with Gasteiger partial charge < -0.3 is 10.3 Å². The Balaban J connectivity index is 0.000000297. The van der Waals surface area contributed by atoms with Crippen molar-refractivity contribution in [2.45, 2.75) is 12.8 Å². The third-order valence-corrected chi connectivity index (χ3v) is 3.73. The number of para-hydroxylation sites is 1. The molecule has 1 radical (unpaired) electrons. The fraction of sp³-hybridized carbons (Fsp3) is 0.0870. The van der Waals surface area contributed by atoms with E-state index in [1.165, 1.54) is 18.2 Å². The molecule has 0 bridgehead atoms. The van der Waals surface area contributed by atoms with Crippen LogP contribution >= 0.6 is 0 Å². The number of anilines is 1. The molecule has 3 aromatic rings. The SMILES string of the molecule is [C-](=Nc1cccc2ccccc12)Nc1ccccc1.[C-]1=CCCC=C1.[Mn+2]. The second kappa shape index (κ2) is 11.1. The van der Waals surface area contributed by atoms with Gasteiger partial charge >= 0.3 is 17.1 Å². The minimum Gasteiger partial charge on any atom is -0.452 e. The Hall–Kier alpha value is -2.61. The Labute approximate surface area is 165 Å². The van der Waals surface area contributed by atoms with Crippen LogP contribution in [0, 0.1) is 6.08 Å². The van der Waals surface area contributed by atoms with E-state index >= 15 is 0 Å². The molecule has 3 aromatic carbocycles. The average Bonchev–Trinajstić information content (AvgIpc) is 2.71. The first-order valence-electron chi connectivity index (χ1n) is 8.41. The summed E-state index contributed by atoms with van der Waals surface area (Å²) in [5.74, 6) is 0. The molecule has 2 nitrogen and oxygen atoms in total. The van der Waals surface area contributed by atoms with Crippen molar-refractivity contribution in [2.75, 3.05) is 5.32 Å². The number of fused-ring (bicyclic) bond motifs is 1. The largest absolute Gasteiger partial charge is 2.00 e. The van der Waals surface area contributed by atoms with Crippen LogP contribution in [-0.4, -0.2) is 6.34 Å². The van der Waals surface area contributed by atoms with Crippen LogP contribution in [-0.2, 0) is 17.1 Å². The smallest absolute Gasteiger partial charge is 0.452 e. The van der Waals surface area contributed by atoms with Crippen molar-refractivity contribution in [2.24, 2.45) is 4.99 Å². The Morgan fingerprint density at radius 2 is 1.62 bits per heavy atom.